The molecule has 1 aromatic heterocycles. The molecule has 0 radical (unpaired) electrons. The molecule has 0 fully saturated rings. The van der Waals surface area contributed by atoms with Crippen molar-refractivity contribution in [2.24, 2.45) is 5.10 Å². The molecule has 1 atom stereocenters. The Morgan fingerprint density at radius 1 is 0.960 bits per heavy atom. The highest BCUT2D eigenvalue weighted by molar-refractivity contribution is 5.93. The van der Waals surface area contributed by atoms with Crippen LogP contribution in [0.2, 0.25) is 0 Å². The van der Waals surface area contributed by atoms with Gasteiger partial charge in [0.1, 0.15) is 5.71 Å². The van der Waals surface area contributed by atoms with Gasteiger partial charge in [-0.05, 0) is 11.5 Å². The second-order valence-corrected chi connectivity index (χ2v) is 5.92. The number of fused-ring (bicyclic) bond motifs is 1. The number of pyridine rings is 1. The molecule has 6 heteroatoms. The van der Waals surface area contributed by atoms with Gasteiger partial charge in [0.15, 0.2) is 0 Å². The summed E-state index contributed by atoms with van der Waals surface area (Å²) in [5, 5.41) is 5.25. The lowest BCUT2D eigenvalue weighted by Gasteiger charge is -2.15. The number of hydrogen-bond acceptors (Lipinski definition) is 3. The zero-order valence-electron chi connectivity index (χ0n) is 13.1. The molecule has 2 aromatic carbocycles. The number of rotatable bonds is 2. The zero-order chi connectivity index (χ0) is 17.4. The lowest BCUT2D eigenvalue weighted by Crippen LogP contribution is -2.21. The second kappa shape index (κ2) is 5.88. The van der Waals surface area contributed by atoms with Crippen molar-refractivity contribution < 1.29 is 13.2 Å². The Kier molecular flexibility index (Phi) is 3.67. The molecule has 0 amide bonds. The number of hydrogen-bond donors (Lipinski definition) is 1. The van der Waals surface area contributed by atoms with Gasteiger partial charge in [-0.2, -0.15) is 18.3 Å². The zero-order valence-corrected chi connectivity index (χ0v) is 13.1. The molecule has 1 aliphatic heterocycles. The number of benzene rings is 2. The second-order valence-electron chi connectivity index (χ2n) is 5.92. The summed E-state index contributed by atoms with van der Waals surface area (Å²) < 4.78 is 38.8. The van der Waals surface area contributed by atoms with Gasteiger partial charge in [0, 0.05) is 17.4 Å². The summed E-state index contributed by atoms with van der Waals surface area (Å²) in [6, 6.07) is 18.5. The molecule has 1 N–H and O–H groups in total. The van der Waals surface area contributed by atoms with E-state index in [0.29, 0.717) is 5.69 Å². The molecule has 4 rings (SSSR count). The fourth-order valence-electron chi connectivity index (χ4n) is 3.03. The third kappa shape index (κ3) is 2.95. The molecule has 0 saturated carbocycles. The minimum absolute atomic E-state index is 0.223. The first-order valence-electron chi connectivity index (χ1n) is 7.87. The van der Waals surface area contributed by atoms with E-state index in [1.807, 2.05) is 60.7 Å². The van der Waals surface area contributed by atoms with Crippen LogP contribution in [0.15, 0.2) is 65.8 Å². The van der Waals surface area contributed by atoms with Crippen LogP contribution in [-0.4, -0.2) is 16.9 Å². The van der Waals surface area contributed by atoms with Crippen molar-refractivity contribution in [1.82, 2.24) is 10.4 Å². The van der Waals surface area contributed by atoms with Gasteiger partial charge in [0.05, 0.1) is 17.4 Å². The molecule has 126 valence electrons. The van der Waals surface area contributed by atoms with Crippen LogP contribution in [-0.2, 0) is 0 Å². The quantitative estimate of drug-likeness (QED) is 0.723. The maximum Gasteiger partial charge on any atom is 0.431 e. The Morgan fingerprint density at radius 3 is 2.40 bits per heavy atom. The minimum atomic E-state index is -4.42. The Hall–Kier alpha value is -2.89. The van der Waals surface area contributed by atoms with E-state index in [1.54, 1.807) is 0 Å². The van der Waals surface area contributed by atoms with Crippen molar-refractivity contribution in [1.29, 1.82) is 0 Å². The van der Waals surface area contributed by atoms with Gasteiger partial charge in [-0.3, -0.25) is 0 Å². The molecule has 0 spiro atoms. The predicted molar refractivity (Wildman–Crippen MR) is 91.2 cm³/mol. The standard InChI is InChI=1S/C19H14F3N3/c20-19(21,22)17-11-16(24-25-17)18-14-9-5-4-8-13(14)10-15(23-18)12-6-2-1-3-7-12/h1-10,16,24H,11H2. The summed E-state index contributed by atoms with van der Waals surface area (Å²) in [4.78, 5) is 4.67. The van der Waals surface area contributed by atoms with E-state index in [1.165, 1.54) is 0 Å². The third-order valence-corrected chi connectivity index (χ3v) is 4.25. The van der Waals surface area contributed by atoms with Gasteiger partial charge in [-0.25, -0.2) is 4.98 Å². The SMILES string of the molecule is FC(F)(F)C1=NNC(c2nc(-c3ccccc3)cc3ccccc23)C1. The average Bonchev–Trinajstić information content (AvgIpc) is 3.12. The molecule has 3 nitrogen and oxygen atoms in total. The molecular formula is C19H14F3N3. The summed E-state index contributed by atoms with van der Waals surface area (Å²) in [5.74, 6) is 0. The van der Waals surface area contributed by atoms with Gasteiger partial charge in [-0.15, -0.1) is 0 Å². The van der Waals surface area contributed by atoms with E-state index in [2.05, 4.69) is 15.5 Å². The van der Waals surface area contributed by atoms with Crippen molar-refractivity contribution >= 4 is 16.5 Å². The van der Waals surface area contributed by atoms with Crippen LogP contribution >= 0.6 is 0 Å². The number of aromatic nitrogens is 1. The fourth-order valence-corrected chi connectivity index (χ4v) is 3.03. The first-order valence-corrected chi connectivity index (χ1v) is 7.87. The van der Waals surface area contributed by atoms with Crippen LogP contribution in [0.5, 0.6) is 0 Å². The largest absolute Gasteiger partial charge is 0.431 e. The Balaban J connectivity index is 1.81. The molecule has 1 unspecified atom stereocenters. The maximum absolute atomic E-state index is 12.9. The molecule has 0 aliphatic carbocycles. The van der Waals surface area contributed by atoms with E-state index in [-0.39, 0.29) is 6.42 Å². The molecule has 1 aliphatic rings. The average molecular weight is 341 g/mol. The van der Waals surface area contributed by atoms with E-state index < -0.39 is 17.9 Å². The normalized spacial score (nSPS) is 17.4. The van der Waals surface area contributed by atoms with Gasteiger partial charge in [0.25, 0.3) is 0 Å². The van der Waals surface area contributed by atoms with Crippen molar-refractivity contribution in [3.05, 3.63) is 66.4 Å². The van der Waals surface area contributed by atoms with Crippen LogP contribution in [0.3, 0.4) is 0 Å². The van der Waals surface area contributed by atoms with Crippen LogP contribution in [0, 0.1) is 0 Å². The van der Waals surface area contributed by atoms with E-state index in [4.69, 9.17) is 0 Å². The number of alkyl halides is 3. The number of nitrogens with one attached hydrogen (secondary N) is 1. The Bertz CT molecular complexity index is 949. The molecule has 0 bridgehead atoms. The Labute approximate surface area is 142 Å². The van der Waals surface area contributed by atoms with Gasteiger partial charge >= 0.3 is 6.18 Å². The number of hydrazone groups is 1. The van der Waals surface area contributed by atoms with Crippen molar-refractivity contribution in [3.8, 4) is 11.3 Å². The predicted octanol–water partition coefficient (Wildman–Crippen LogP) is 4.85. The van der Waals surface area contributed by atoms with Gasteiger partial charge < -0.3 is 5.43 Å². The van der Waals surface area contributed by atoms with E-state index in [0.717, 1.165) is 22.0 Å². The van der Waals surface area contributed by atoms with E-state index in [9.17, 15) is 13.2 Å². The van der Waals surface area contributed by atoms with Crippen LogP contribution in [0.4, 0.5) is 13.2 Å². The molecule has 0 saturated heterocycles. The summed E-state index contributed by atoms with van der Waals surface area (Å²) in [6.07, 6.45) is -4.65. The highest BCUT2D eigenvalue weighted by Crippen LogP contribution is 2.34. The third-order valence-electron chi connectivity index (χ3n) is 4.25. The lowest BCUT2D eigenvalue weighted by atomic mass is 9.99. The fraction of sp³-hybridized carbons (Fsp3) is 0.158. The highest BCUT2D eigenvalue weighted by Gasteiger charge is 2.41. The molecule has 3 aromatic rings. The Morgan fingerprint density at radius 2 is 1.68 bits per heavy atom. The van der Waals surface area contributed by atoms with Gasteiger partial charge in [0.2, 0.25) is 0 Å². The monoisotopic (exact) mass is 341 g/mol. The summed E-state index contributed by atoms with van der Waals surface area (Å²) >= 11 is 0. The molecule has 2 heterocycles. The molecular weight excluding hydrogens is 327 g/mol. The van der Waals surface area contributed by atoms with Crippen molar-refractivity contribution in [3.63, 3.8) is 0 Å². The summed E-state index contributed by atoms with van der Waals surface area (Å²) in [5.41, 5.74) is 4.05. The minimum Gasteiger partial charge on any atom is -0.300 e. The summed E-state index contributed by atoms with van der Waals surface area (Å²) in [7, 11) is 0. The van der Waals surface area contributed by atoms with Crippen LogP contribution < -0.4 is 5.43 Å². The van der Waals surface area contributed by atoms with Crippen LogP contribution in [0.25, 0.3) is 22.0 Å². The van der Waals surface area contributed by atoms with Crippen molar-refractivity contribution in [2.75, 3.05) is 0 Å². The number of halogens is 3. The molecule has 25 heavy (non-hydrogen) atoms. The highest BCUT2D eigenvalue weighted by atomic mass is 19.4. The van der Waals surface area contributed by atoms with E-state index >= 15 is 0 Å². The van der Waals surface area contributed by atoms with Crippen molar-refractivity contribution in [2.45, 2.75) is 18.6 Å². The smallest absolute Gasteiger partial charge is 0.300 e. The van der Waals surface area contributed by atoms with Gasteiger partial charge in [-0.1, -0.05) is 54.6 Å². The first-order chi connectivity index (χ1) is 12.0. The maximum atomic E-state index is 12.9. The number of nitrogens with zero attached hydrogens (tertiary/aromatic N) is 2. The first kappa shape index (κ1) is 15.6. The topological polar surface area (TPSA) is 37.3 Å². The lowest BCUT2D eigenvalue weighted by molar-refractivity contribution is -0.0600. The van der Waals surface area contributed by atoms with Crippen LogP contribution in [0.1, 0.15) is 18.2 Å². The summed E-state index contributed by atoms with van der Waals surface area (Å²) in [6.45, 7) is 0.